The van der Waals surface area contributed by atoms with Gasteiger partial charge in [0, 0.05) is 17.3 Å². The Morgan fingerprint density at radius 1 is 1.20 bits per heavy atom. The predicted molar refractivity (Wildman–Crippen MR) is 115 cm³/mol. The summed E-state index contributed by atoms with van der Waals surface area (Å²) in [4.78, 5) is 19.4. The summed E-state index contributed by atoms with van der Waals surface area (Å²) in [5, 5.41) is 0. The van der Waals surface area contributed by atoms with Crippen molar-refractivity contribution in [1.82, 2.24) is 14.5 Å². The van der Waals surface area contributed by atoms with E-state index < -0.39 is 0 Å². The number of ether oxygens (including phenoxy) is 1. The van der Waals surface area contributed by atoms with E-state index in [0.717, 1.165) is 47.2 Å². The molecule has 1 fully saturated rings. The van der Waals surface area contributed by atoms with Gasteiger partial charge in [-0.1, -0.05) is 12.1 Å². The highest BCUT2D eigenvalue weighted by Gasteiger charge is 2.22. The average molecular weight is 401 g/mol. The van der Waals surface area contributed by atoms with Gasteiger partial charge in [-0.05, 0) is 68.4 Å². The van der Waals surface area contributed by atoms with Crippen molar-refractivity contribution in [3.8, 4) is 16.8 Å². The number of esters is 1. The van der Waals surface area contributed by atoms with Crippen LogP contribution in [-0.4, -0.2) is 46.7 Å². The lowest BCUT2D eigenvalue weighted by Crippen LogP contribution is -2.30. The van der Waals surface area contributed by atoms with E-state index in [2.05, 4.69) is 16.9 Å². The highest BCUT2D eigenvalue weighted by atomic mass is 16.5. The normalized spacial score (nSPS) is 16.9. The van der Waals surface area contributed by atoms with E-state index in [4.69, 9.17) is 9.15 Å². The largest absolute Gasteiger partial charge is 0.472 e. The van der Waals surface area contributed by atoms with Crippen molar-refractivity contribution < 1.29 is 13.9 Å². The fourth-order valence-electron chi connectivity index (χ4n) is 4.05. The molecule has 0 N–H and O–H groups in total. The number of furan rings is 1. The summed E-state index contributed by atoms with van der Waals surface area (Å²) in [6, 6.07) is 15.8. The highest BCUT2D eigenvalue weighted by Crippen LogP contribution is 2.26. The Morgan fingerprint density at radius 3 is 2.93 bits per heavy atom. The number of fused-ring (bicyclic) bond motifs is 1. The van der Waals surface area contributed by atoms with Gasteiger partial charge in [-0.3, -0.25) is 4.57 Å². The van der Waals surface area contributed by atoms with E-state index in [0.29, 0.717) is 18.2 Å². The van der Waals surface area contributed by atoms with Crippen LogP contribution in [0.4, 0.5) is 0 Å². The van der Waals surface area contributed by atoms with E-state index in [-0.39, 0.29) is 5.97 Å². The molecule has 30 heavy (non-hydrogen) atoms. The maximum absolute atomic E-state index is 12.6. The smallest absolute Gasteiger partial charge is 0.338 e. The zero-order valence-electron chi connectivity index (χ0n) is 16.8. The van der Waals surface area contributed by atoms with Crippen molar-refractivity contribution in [2.24, 2.45) is 0 Å². The molecule has 1 unspecified atom stereocenters. The third kappa shape index (κ3) is 3.50. The maximum atomic E-state index is 12.6. The van der Waals surface area contributed by atoms with Crippen molar-refractivity contribution in [3.63, 3.8) is 0 Å². The first-order chi connectivity index (χ1) is 14.7. The Morgan fingerprint density at radius 2 is 2.13 bits per heavy atom. The van der Waals surface area contributed by atoms with Gasteiger partial charge in [0.25, 0.3) is 0 Å². The van der Waals surface area contributed by atoms with Crippen molar-refractivity contribution in [3.05, 3.63) is 72.9 Å². The topological polar surface area (TPSA) is 60.5 Å². The molecule has 0 spiro atoms. The van der Waals surface area contributed by atoms with Crippen molar-refractivity contribution >= 4 is 17.0 Å². The molecule has 1 aliphatic rings. The molecule has 152 valence electrons. The van der Waals surface area contributed by atoms with Gasteiger partial charge in [-0.2, -0.15) is 0 Å². The summed E-state index contributed by atoms with van der Waals surface area (Å²) in [5.41, 5.74) is 5.34. The number of carbonyl (C=O) groups excluding carboxylic acids is 1. The number of likely N-dealkylation sites (tertiary alicyclic amines) is 1. The molecular weight excluding hydrogens is 378 g/mol. The van der Waals surface area contributed by atoms with Crippen molar-refractivity contribution in [2.75, 3.05) is 20.2 Å². The summed E-state index contributed by atoms with van der Waals surface area (Å²) in [6.45, 7) is 1.50. The minimum absolute atomic E-state index is 0.288. The zero-order chi connectivity index (χ0) is 20.5. The molecule has 0 aliphatic carbocycles. The first-order valence-electron chi connectivity index (χ1n) is 10.2. The summed E-state index contributed by atoms with van der Waals surface area (Å²) in [6.07, 6.45) is 7.39. The predicted octanol–water partition coefficient (Wildman–Crippen LogP) is 4.54. The van der Waals surface area contributed by atoms with E-state index in [9.17, 15) is 4.79 Å². The summed E-state index contributed by atoms with van der Waals surface area (Å²) < 4.78 is 12.7. The molecule has 0 saturated carbocycles. The number of benzene rings is 2. The van der Waals surface area contributed by atoms with Crippen LogP contribution >= 0.6 is 0 Å². The lowest BCUT2D eigenvalue weighted by atomic mass is 10.1. The van der Waals surface area contributed by atoms with E-state index >= 15 is 0 Å². The number of imidazole rings is 1. The van der Waals surface area contributed by atoms with E-state index in [1.807, 2.05) is 47.0 Å². The van der Waals surface area contributed by atoms with Crippen LogP contribution in [0.2, 0.25) is 0 Å². The SMILES string of the molecule is CN1CCCC1COC(=O)c1cccc(-n2cnc3cc(-c4ccoc4)ccc32)c1. The number of aromatic nitrogens is 2. The van der Waals surface area contributed by atoms with Gasteiger partial charge in [0.2, 0.25) is 0 Å². The van der Waals surface area contributed by atoms with Crippen LogP contribution in [0.1, 0.15) is 23.2 Å². The summed E-state index contributed by atoms with van der Waals surface area (Å²) in [5.74, 6) is -0.288. The molecular formula is C24H23N3O3. The lowest BCUT2D eigenvalue weighted by Gasteiger charge is -2.19. The van der Waals surface area contributed by atoms with E-state index in [1.165, 1.54) is 0 Å². The minimum atomic E-state index is -0.288. The van der Waals surface area contributed by atoms with Crippen LogP contribution in [0, 0.1) is 0 Å². The number of carbonyl (C=O) groups is 1. The van der Waals surface area contributed by atoms with Crippen LogP contribution < -0.4 is 0 Å². The fraction of sp³-hybridized carbons (Fsp3) is 0.250. The number of nitrogens with zero attached hydrogens (tertiary/aromatic N) is 3. The zero-order valence-corrected chi connectivity index (χ0v) is 16.8. The molecule has 0 radical (unpaired) electrons. The second-order valence-corrected chi connectivity index (χ2v) is 7.76. The molecule has 1 atom stereocenters. The molecule has 0 amide bonds. The molecule has 6 nitrogen and oxygen atoms in total. The first kappa shape index (κ1) is 18.6. The fourth-order valence-corrected chi connectivity index (χ4v) is 4.05. The minimum Gasteiger partial charge on any atom is -0.472 e. The second kappa shape index (κ2) is 7.80. The Labute approximate surface area is 174 Å². The van der Waals surface area contributed by atoms with Gasteiger partial charge in [0.1, 0.15) is 12.9 Å². The standard InChI is InChI=1S/C24H23N3O3/c1-26-10-3-6-21(26)15-30-24(28)18-4-2-5-20(12-18)27-16-25-22-13-17(7-8-23(22)27)19-9-11-29-14-19/h2,4-5,7-9,11-14,16,21H,3,6,10,15H2,1H3. The Kier molecular flexibility index (Phi) is 4.85. The molecule has 0 bridgehead atoms. The number of hydrogen-bond acceptors (Lipinski definition) is 5. The van der Waals surface area contributed by atoms with Crippen LogP contribution in [0.15, 0.2) is 71.8 Å². The van der Waals surface area contributed by atoms with Gasteiger partial charge >= 0.3 is 5.97 Å². The Hall–Kier alpha value is -3.38. The van der Waals surface area contributed by atoms with Gasteiger partial charge in [-0.15, -0.1) is 0 Å². The van der Waals surface area contributed by atoms with Crippen molar-refractivity contribution in [1.29, 1.82) is 0 Å². The van der Waals surface area contributed by atoms with Crippen LogP contribution in [0.5, 0.6) is 0 Å². The first-order valence-corrected chi connectivity index (χ1v) is 10.2. The molecule has 6 heteroatoms. The van der Waals surface area contributed by atoms with Gasteiger partial charge < -0.3 is 14.1 Å². The number of hydrogen-bond donors (Lipinski definition) is 0. The lowest BCUT2D eigenvalue weighted by molar-refractivity contribution is 0.0416. The van der Waals surface area contributed by atoms with Gasteiger partial charge in [0.05, 0.1) is 29.1 Å². The molecule has 3 heterocycles. The molecule has 5 rings (SSSR count). The molecule has 2 aromatic carbocycles. The molecule has 2 aromatic heterocycles. The maximum Gasteiger partial charge on any atom is 0.338 e. The molecule has 1 saturated heterocycles. The number of rotatable bonds is 5. The van der Waals surface area contributed by atoms with Crippen LogP contribution in [-0.2, 0) is 4.74 Å². The van der Waals surface area contributed by atoms with Gasteiger partial charge in [-0.25, -0.2) is 9.78 Å². The van der Waals surface area contributed by atoms with Crippen LogP contribution in [0.3, 0.4) is 0 Å². The van der Waals surface area contributed by atoms with E-state index in [1.54, 1.807) is 24.9 Å². The third-order valence-corrected chi connectivity index (χ3v) is 5.84. The third-order valence-electron chi connectivity index (χ3n) is 5.84. The van der Waals surface area contributed by atoms with Crippen molar-refractivity contribution in [2.45, 2.75) is 18.9 Å². The summed E-state index contributed by atoms with van der Waals surface area (Å²) >= 11 is 0. The Bertz CT molecular complexity index is 1180. The monoisotopic (exact) mass is 401 g/mol. The average Bonchev–Trinajstić information content (AvgIpc) is 3.52. The van der Waals surface area contributed by atoms with Crippen LogP contribution in [0.25, 0.3) is 27.8 Å². The molecule has 4 aromatic rings. The Balaban J connectivity index is 1.38. The molecule has 1 aliphatic heterocycles. The highest BCUT2D eigenvalue weighted by molar-refractivity contribution is 5.90. The van der Waals surface area contributed by atoms with Gasteiger partial charge in [0.15, 0.2) is 0 Å². The quantitative estimate of drug-likeness (QED) is 0.460. The summed E-state index contributed by atoms with van der Waals surface area (Å²) in [7, 11) is 2.08. The second-order valence-electron chi connectivity index (χ2n) is 7.76. The number of likely N-dealkylation sites (N-methyl/N-ethyl adjacent to an activating group) is 1.